The van der Waals surface area contributed by atoms with Gasteiger partial charge in [0, 0.05) is 37.0 Å². The molecule has 0 fully saturated rings. The summed E-state index contributed by atoms with van der Waals surface area (Å²) < 4.78 is 26.6. The predicted molar refractivity (Wildman–Crippen MR) is 162 cm³/mol. The third-order valence-electron chi connectivity index (χ3n) is 6.54. The molecule has 214 valence electrons. The van der Waals surface area contributed by atoms with Gasteiger partial charge in [-0.25, -0.2) is 8.42 Å². The highest BCUT2D eigenvalue weighted by Crippen LogP contribution is 2.24. The van der Waals surface area contributed by atoms with Gasteiger partial charge in [-0.3, -0.25) is 13.9 Å². The number of hydrogen-bond acceptors (Lipinski definition) is 4. The van der Waals surface area contributed by atoms with Crippen molar-refractivity contribution in [1.29, 1.82) is 0 Å². The van der Waals surface area contributed by atoms with E-state index >= 15 is 0 Å². The quantitative estimate of drug-likeness (QED) is 0.293. The summed E-state index contributed by atoms with van der Waals surface area (Å²) in [6, 6.07) is 23.2. The molecular weight excluding hydrogens is 546 g/mol. The van der Waals surface area contributed by atoms with Gasteiger partial charge in [-0.05, 0) is 56.0 Å². The maximum Gasteiger partial charge on any atom is 0.243 e. The van der Waals surface area contributed by atoms with Gasteiger partial charge in [0.25, 0.3) is 0 Å². The fourth-order valence-electron chi connectivity index (χ4n) is 4.57. The largest absolute Gasteiger partial charge is 0.352 e. The summed E-state index contributed by atoms with van der Waals surface area (Å²) >= 11 is 6.47. The number of sulfonamides is 1. The van der Waals surface area contributed by atoms with E-state index in [1.54, 1.807) is 23.1 Å². The number of nitrogens with zero attached hydrogens (tertiary/aromatic N) is 2. The molecule has 0 aromatic heterocycles. The number of carbonyl (C=O) groups excluding carboxylic acids is 2. The van der Waals surface area contributed by atoms with Crippen LogP contribution in [0.25, 0.3) is 0 Å². The summed E-state index contributed by atoms with van der Waals surface area (Å²) in [5.41, 5.74) is 3.06. The third kappa shape index (κ3) is 8.83. The smallest absolute Gasteiger partial charge is 0.243 e. The summed E-state index contributed by atoms with van der Waals surface area (Å²) in [4.78, 5) is 28.9. The van der Waals surface area contributed by atoms with Crippen molar-refractivity contribution in [3.05, 3.63) is 101 Å². The van der Waals surface area contributed by atoms with Gasteiger partial charge in [-0.1, -0.05) is 78.3 Å². The van der Waals surface area contributed by atoms with E-state index in [1.807, 2.05) is 81.4 Å². The number of hydrogen-bond donors (Lipinski definition) is 1. The van der Waals surface area contributed by atoms with Crippen molar-refractivity contribution in [3.8, 4) is 0 Å². The van der Waals surface area contributed by atoms with Crippen LogP contribution >= 0.6 is 11.6 Å². The first kappa shape index (κ1) is 31.2. The lowest BCUT2D eigenvalue weighted by Gasteiger charge is -2.32. The van der Waals surface area contributed by atoms with Gasteiger partial charge in [-0.15, -0.1) is 0 Å². The van der Waals surface area contributed by atoms with Crippen molar-refractivity contribution in [1.82, 2.24) is 10.2 Å². The van der Waals surface area contributed by atoms with Crippen LogP contribution in [0, 0.1) is 6.92 Å². The van der Waals surface area contributed by atoms with Crippen LogP contribution in [0.2, 0.25) is 5.02 Å². The van der Waals surface area contributed by atoms with E-state index in [-0.39, 0.29) is 43.8 Å². The van der Waals surface area contributed by atoms with Crippen molar-refractivity contribution >= 4 is 39.1 Å². The molecule has 0 unspecified atom stereocenters. The standard InChI is InChI=1S/C31H38ClN3O4S/c1-23(2)33-31(37)29(21-25-14-6-5-7-15-25)34(22-26-16-9-10-17-27(26)32)30(36)19-12-20-35(40(4,38)39)28-18-11-8-13-24(28)3/h5-11,13-18,23,29H,12,19-22H2,1-4H3,(H,33,37)/t29-/m1/s1. The second kappa shape index (κ2) is 14.3. The molecule has 0 aliphatic carbocycles. The lowest BCUT2D eigenvalue weighted by Crippen LogP contribution is -2.51. The van der Waals surface area contributed by atoms with Gasteiger partial charge in [0.05, 0.1) is 11.9 Å². The van der Waals surface area contributed by atoms with Crippen LogP contribution < -0.4 is 9.62 Å². The molecule has 0 heterocycles. The lowest BCUT2D eigenvalue weighted by atomic mass is 10.0. The zero-order valence-corrected chi connectivity index (χ0v) is 25.1. The Morgan fingerprint density at radius 3 is 2.17 bits per heavy atom. The molecule has 2 amide bonds. The van der Waals surface area contributed by atoms with Crippen LogP contribution in [0.4, 0.5) is 5.69 Å². The van der Waals surface area contributed by atoms with Gasteiger partial charge in [0.1, 0.15) is 6.04 Å². The monoisotopic (exact) mass is 583 g/mol. The summed E-state index contributed by atoms with van der Waals surface area (Å²) in [6.45, 7) is 5.89. The van der Waals surface area contributed by atoms with E-state index in [1.165, 1.54) is 4.31 Å². The maximum absolute atomic E-state index is 13.9. The Hall–Kier alpha value is -3.36. The average Bonchev–Trinajstić information content (AvgIpc) is 2.89. The molecule has 3 aromatic carbocycles. The molecule has 3 rings (SSSR count). The van der Waals surface area contributed by atoms with Crippen LogP contribution in [0.15, 0.2) is 78.9 Å². The molecule has 3 aromatic rings. The highest BCUT2D eigenvalue weighted by molar-refractivity contribution is 7.92. The van der Waals surface area contributed by atoms with Gasteiger partial charge in [-0.2, -0.15) is 0 Å². The van der Waals surface area contributed by atoms with Crippen LogP contribution in [0.1, 0.15) is 43.4 Å². The summed E-state index contributed by atoms with van der Waals surface area (Å²) in [5.74, 6) is -0.505. The summed E-state index contributed by atoms with van der Waals surface area (Å²) in [6.07, 6.45) is 1.83. The van der Waals surface area contributed by atoms with Crippen molar-refractivity contribution in [2.45, 2.75) is 58.7 Å². The van der Waals surface area contributed by atoms with Gasteiger partial charge in [0.2, 0.25) is 21.8 Å². The molecule has 1 N–H and O–H groups in total. The summed E-state index contributed by atoms with van der Waals surface area (Å²) in [5, 5.41) is 3.47. The van der Waals surface area contributed by atoms with Crippen LogP contribution in [-0.2, 0) is 32.6 Å². The zero-order valence-electron chi connectivity index (χ0n) is 23.5. The van der Waals surface area contributed by atoms with Gasteiger partial charge < -0.3 is 10.2 Å². The minimum absolute atomic E-state index is 0.0581. The highest BCUT2D eigenvalue weighted by atomic mass is 35.5. The Bertz CT molecular complexity index is 1400. The molecule has 0 saturated carbocycles. The van der Waals surface area contributed by atoms with Crippen molar-refractivity contribution in [2.24, 2.45) is 0 Å². The van der Waals surface area contributed by atoms with Crippen molar-refractivity contribution in [2.75, 3.05) is 17.1 Å². The maximum atomic E-state index is 13.9. The van der Waals surface area contributed by atoms with Gasteiger partial charge in [0.15, 0.2) is 0 Å². The predicted octanol–water partition coefficient (Wildman–Crippen LogP) is 5.36. The topological polar surface area (TPSA) is 86.8 Å². The van der Waals surface area contributed by atoms with E-state index in [2.05, 4.69) is 5.32 Å². The third-order valence-corrected chi connectivity index (χ3v) is 8.09. The average molecular weight is 584 g/mol. The molecular formula is C31H38ClN3O4S. The first-order chi connectivity index (χ1) is 19.0. The van der Waals surface area contributed by atoms with E-state index in [0.29, 0.717) is 17.1 Å². The molecule has 0 aliphatic heterocycles. The normalized spacial score (nSPS) is 12.2. The highest BCUT2D eigenvalue weighted by Gasteiger charge is 2.31. The fraction of sp³-hybridized carbons (Fsp3) is 0.355. The van der Waals surface area contributed by atoms with Crippen LogP contribution in [0.3, 0.4) is 0 Å². The van der Waals surface area contributed by atoms with E-state index in [9.17, 15) is 18.0 Å². The fourth-order valence-corrected chi connectivity index (χ4v) is 5.79. The number of halogens is 1. The molecule has 0 spiro atoms. The van der Waals surface area contributed by atoms with Crippen LogP contribution in [-0.4, -0.2) is 50.0 Å². The molecule has 1 atom stereocenters. The minimum atomic E-state index is -3.57. The van der Waals surface area contributed by atoms with E-state index < -0.39 is 16.1 Å². The minimum Gasteiger partial charge on any atom is -0.352 e. The SMILES string of the molecule is Cc1ccccc1N(CCCC(=O)N(Cc1ccccc1Cl)[C@H](Cc1ccccc1)C(=O)NC(C)C)S(C)(=O)=O. The van der Waals surface area contributed by atoms with Crippen molar-refractivity contribution < 1.29 is 18.0 Å². The van der Waals surface area contributed by atoms with Crippen LogP contribution in [0.5, 0.6) is 0 Å². The Morgan fingerprint density at radius 2 is 1.55 bits per heavy atom. The van der Waals surface area contributed by atoms with Gasteiger partial charge >= 0.3 is 0 Å². The second-order valence-corrected chi connectivity index (χ2v) is 12.5. The Labute approximate surface area is 243 Å². The first-order valence-electron chi connectivity index (χ1n) is 13.4. The molecule has 40 heavy (non-hydrogen) atoms. The number of rotatable bonds is 13. The van der Waals surface area contributed by atoms with E-state index in [4.69, 9.17) is 11.6 Å². The van der Waals surface area contributed by atoms with E-state index in [0.717, 1.165) is 22.9 Å². The second-order valence-electron chi connectivity index (χ2n) is 10.2. The number of nitrogens with one attached hydrogen (secondary N) is 1. The molecule has 0 saturated heterocycles. The molecule has 0 aliphatic rings. The first-order valence-corrected chi connectivity index (χ1v) is 15.6. The number of para-hydroxylation sites is 1. The molecule has 9 heteroatoms. The number of benzene rings is 3. The number of carbonyl (C=O) groups is 2. The van der Waals surface area contributed by atoms with Crippen molar-refractivity contribution in [3.63, 3.8) is 0 Å². The molecule has 0 radical (unpaired) electrons. The number of amides is 2. The Morgan fingerprint density at radius 1 is 0.925 bits per heavy atom. The summed E-state index contributed by atoms with van der Waals surface area (Å²) in [7, 11) is -3.57. The molecule has 7 nitrogen and oxygen atoms in total. The Kier molecular flexibility index (Phi) is 11.2. The number of anilines is 1. The zero-order chi connectivity index (χ0) is 29.3. The Balaban J connectivity index is 1.90. The number of aryl methyl sites for hydroxylation is 1. The molecule has 0 bridgehead atoms. The lowest BCUT2D eigenvalue weighted by molar-refractivity contribution is -0.141.